The molecule has 1 aromatic carbocycles. The second-order valence-corrected chi connectivity index (χ2v) is 5.75. The Bertz CT molecular complexity index is 578. The number of hydrogen-bond acceptors (Lipinski definition) is 3. The summed E-state index contributed by atoms with van der Waals surface area (Å²) in [6, 6.07) is 3.67. The number of carbonyl (C=O) groups excluding carboxylic acids is 1. The Kier molecular flexibility index (Phi) is 6.36. The number of amides is 1. The zero-order valence-electron chi connectivity index (χ0n) is 11.3. The fraction of sp³-hybridized carbons (Fsp3) is 0.357. The first-order valence-corrected chi connectivity index (χ1v) is 7.67. The number of aliphatic hydroxyl groups excluding tert-OH is 1. The molecule has 0 aliphatic heterocycles. The monoisotopic (exact) mass is 297 g/mol. The quantitative estimate of drug-likeness (QED) is 0.803. The van der Waals surface area contributed by atoms with Gasteiger partial charge in [-0.25, -0.2) is 4.39 Å². The third kappa shape index (κ3) is 5.11. The van der Waals surface area contributed by atoms with Crippen LogP contribution >= 0.6 is 0 Å². The molecule has 2 unspecified atom stereocenters. The van der Waals surface area contributed by atoms with Crippen LogP contribution in [0.3, 0.4) is 0 Å². The van der Waals surface area contributed by atoms with Crippen molar-refractivity contribution in [1.29, 1.82) is 0 Å². The maximum absolute atomic E-state index is 13.7. The highest BCUT2D eigenvalue weighted by Crippen LogP contribution is 2.09. The Hall–Kier alpha value is -1.71. The van der Waals surface area contributed by atoms with Gasteiger partial charge in [-0.2, -0.15) is 0 Å². The van der Waals surface area contributed by atoms with E-state index in [1.807, 2.05) is 0 Å². The summed E-state index contributed by atoms with van der Waals surface area (Å²) in [5.74, 6) is 4.08. The van der Waals surface area contributed by atoms with Crippen LogP contribution in [-0.2, 0) is 10.8 Å². The maximum atomic E-state index is 13.7. The van der Waals surface area contributed by atoms with E-state index in [1.165, 1.54) is 12.1 Å². The Morgan fingerprint density at radius 3 is 2.80 bits per heavy atom. The van der Waals surface area contributed by atoms with Gasteiger partial charge in [0, 0.05) is 34.4 Å². The third-order valence-corrected chi connectivity index (χ3v) is 3.37. The molecule has 0 radical (unpaired) electrons. The zero-order valence-corrected chi connectivity index (χ0v) is 12.1. The number of aliphatic hydroxyl groups is 1. The molecule has 0 heterocycles. The van der Waals surface area contributed by atoms with Crippen LogP contribution in [0.4, 0.5) is 4.39 Å². The third-order valence-electron chi connectivity index (χ3n) is 2.40. The van der Waals surface area contributed by atoms with Crippen molar-refractivity contribution in [2.45, 2.75) is 13.0 Å². The van der Waals surface area contributed by atoms with Crippen molar-refractivity contribution in [1.82, 2.24) is 5.32 Å². The first-order chi connectivity index (χ1) is 9.43. The molecule has 2 atom stereocenters. The summed E-state index contributed by atoms with van der Waals surface area (Å²) >= 11 is 0. The lowest BCUT2D eigenvalue weighted by atomic mass is 10.1. The lowest BCUT2D eigenvalue weighted by Crippen LogP contribution is -2.36. The lowest BCUT2D eigenvalue weighted by Gasteiger charge is -2.12. The number of halogens is 1. The molecule has 0 saturated carbocycles. The molecule has 0 saturated heterocycles. The van der Waals surface area contributed by atoms with Gasteiger partial charge in [0.05, 0.1) is 5.56 Å². The fourth-order valence-corrected chi connectivity index (χ4v) is 2.38. The van der Waals surface area contributed by atoms with Crippen LogP contribution < -0.4 is 5.32 Å². The highest BCUT2D eigenvalue weighted by molar-refractivity contribution is 7.84. The predicted molar refractivity (Wildman–Crippen MR) is 76.2 cm³/mol. The Balaban J connectivity index is 2.79. The summed E-state index contributed by atoms with van der Waals surface area (Å²) < 4.78 is 24.7. The number of nitrogens with one attached hydrogen (secondary N) is 1. The van der Waals surface area contributed by atoms with Crippen LogP contribution in [0.25, 0.3) is 0 Å². The number of carbonyl (C=O) groups is 1. The van der Waals surface area contributed by atoms with Crippen LogP contribution in [0.15, 0.2) is 18.2 Å². The molecular formula is C14H16FNO3S. The van der Waals surface area contributed by atoms with Crippen molar-refractivity contribution in [3.8, 4) is 11.8 Å². The second-order valence-electron chi connectivity index (χ2n) is 4.27. The summed E-state index contributed by atoms with van der Waals surface area (Å²) in [6.45, 7) is 1.38. The number of hydrogen-bond donors (Lipinski definition) is 2. The molecule has 0 aliphatic rings. The minimum absolute atomic E-state index is 0.123. The summed E-state index contributed by atoms with van der Waals surface area (Å²) in [4.78, 5) is 11.9. The van der Waals surface area contributed by atoms with Crippen molar-refractivity contribution in [2.75, 3.05) is 18.6 Å². The molecule has 0 bridgehead atoms. The molecular weight excluding hydrogens is 281 g/mol. The van der Waals surface area contributed by atoms with Gasteiger partial charge in [0.25, 0.3) is 5.91 Å². The van der Waals surface area contributed by atoms with Gasteiger partial charge in [0.15, 0.2) is 0 Å². The summed E-state index contributed by atoms with van der Waals surface area (Å²) in [5, 5.41) is 11.2. The average molecular weight is 297 g/mol. The van der Waals surface area contributed by atoms with Crippen LogP contribution in [0.5, 0.6) is 0 Å². The van der Waals surface area contributed by atoms with Crippen molar-refractivity contribution in [2.24, 2.45) is 0 Å². The first kappa shape index (κ1) is 16.3. The van der Waals surface area contributed by atoms with Crippen LogP contribution in [-0.4, -0.2) is 39.9 Å². The standard InChI is InChI=1S/C14H16FNO3S/c1-10(9-20(2)19)16-14(18)12-6-5-11(4-3-7-17)13(15)8-12/h5-6,8,10,17H,7,9H2,1-2H3,(H,16,18). The smallest absolute Gasteiger partial charge is 0.251 e. The molecule has 20 heavy (non-hydrogen) atoms. The van der Waals surface area contributed by atoms with Gasteiger partial charge < -0.3 is 10.4 Å². The van der Waals surface area contributed by atoms with Crippen molar-refractivity contribution < 1.29 is 18.5 Å². The van der Waals surface area contributed by atoms with Crippen LogP contribution in [0.2, 0.25) is 0 Å². The Morgan fingerprint density at radius 2 is 2.25 bits per heavy atom. The van der Waals surface area contributed by atoms with Gasteiger partial charge >= 0.3 is 0 Å². The summed E-state index contributed by atoms with van der Waals surface area (Å²) in [6.07, 6.45) is 1.55. The molecule has 1 rings (SSSR count). The number of benzene rings is 1. The Labute approximate surface area is 119 Å². The number of rotatable bonds is 4. The SMILES string of the molecule is CC(CS(C)=O)NC(=O)c1ccc(C#CCO)c(F)c1. The van der Waals surface area contributed by atoms with Crippen molar-refractivity contribution >= 4 is 16.7 Å². The maximum Gasteiger partial charge on any atom is 0.251 e. The first-order valence-electron chi connectivity index (χ1n) is 5.94. The largest absolute Gasteiger partial charge is 0.384 e. The molecule has 0 aromatic heterocycles. The molecule has 6 heteroatoms. The summed E-state index contributed by atoms with van der Waals surface area (Å²) in [7, 11) is -1.01. The molecule has 2 N–H and O–H groups in total. The van der Waals surface area contributed by atoms with Crippen LogP contribution in [0.1, 0.15) is 22.8 Å². The zero-order chi connectivity index (χ0) is 15.1. The van der Waals surface area contributed by atoms with E-state index in [1.54, 1.807) is 13.2 Å². The molecule has 0 aliphatic carbocycles. The van der Waals surface area contributed by atoms with Gasteiger partial charge in [0.1, 0.15) is 12.4 Å². The van der Waals surface area contributed by atoms with Gasteiger partial charge in [-0.1, -0.05) is 11.8 Å². The summed E-state index contributed by atoms with van der Waals surface area (Å²) in [5.41, 5.74) is 0.295. The van der Waals surface area contributed by atoms with Crippen molar-refractivity contribution in [3.63, 3.8) is 0 Å². The Morgan fingerprint density at radius 1 is 1.55 bits per heavy atom. The van der Waals surface area contributed by atoms with E-state index >= 15 is 0 Å². The predicted octanol–water partition coefficient (Wildman–Crippen LogP) is 0.666. The fourth-order valence-electron chi connectivity index (χ4n) is 1.59. The van der Waals surface area contributed by atoms with Crippen LogP contribution in [0, 0.1) is 17.7 Å². The minimum Gasteiger partial charge on any atom is -0.384 e. The minimum atomic E-state index is -1.01. The highest BCUT2D eigenvalue weighted by Gasteiger charge is 2.12. The highest BCUT2D eigenvalue weighted by atomic mass is 32.2. The van der Waals surface area contributed by atoms with E-state index in [4.69, 9.17) is 5.11 Å². The topological polar surface area (TPSA) is 66.4 Å². The second kappa shape index (κ2) is 7.78. The lowest BCUT2D eigenvalue weighted by molar-refractivity contribution is 0.0943. The van der Waals surface area contributed by atoms with E-state index < -0.39 is 22.5 Å². The van der Waals surface area contributed by atoms with E-state index in [0.29, 0.717) is 5.75 Å². The average Bonchev–Trinajstić information content (AvgIpc) is 2.36. The van der Waals surface area contributed by atoms with E-state index in [2.05, 4.69) is 17.2 Å². The molecule has 108 valence electrons. The van der Waals surface area contributed by atoms with Gasteiger partial charge in [0.2, 0.25) is 0 Å². The van der Waals surface area contributed by atoms with Gasteiger partial charge in [-0.05, 0) is 25.1 Å². The molecule has 1 aromatic rings. The van der Waals surface area contributed by atoms with E-state index in [9.17, 15) is 13.4 Å². The molecule has 0 spiro atoms. The normalized spacial score (nSPS) is 13.0. The van der Waals surface area contributed by atoms with Gasteiger partial charge in [-0.15, -0.1) is 0 Å². The van der Waals surface area contributed by atoms with E-state index in [-0.39, 0.29) is 23.8 Å². The molecule has 0 fully saturated rings. The van der Waals surface area contributed by atoms with Crippen molar-refractivity contribution in [3.05, 3.63) is 35.1 Å². The van der Waals surface area contributed by atoms with E-state index in [0.717, 1.165) is 6.07 Å². The molecule has 1 amide bonds. The molecule has 4 nitrogen and oxygen atoms in total. The van der Waals surface area contributed by atoms with Gasteiger partial charge in [-0.3, -0.25) is 9.00 Å².